The molecular formula is C28H32FN5O4S. The number of hydrogen-bond acceptors (Lipinski definition) is 7. The molecule has 1 saturated heterocycles. The van der Waals surface area contributed by atoms with Crippen molar-refractivity contribution in [2.75, 3.05) is 36.5 Å². The molecule has 2 aromatic carbocycles. The number of ether oxygens (including phenoxy) is 1. The molecule has 0 radical (unpaired) electrons. The number of carbonyl (C=O) groups excluding carboxylic acids is 1. The van der Waals surface area contributed by atoms with E-state index in [1.807, 2.05) is 13.8 Å². The van der Waals surface area contributed by atoms with Gasteiger partial charge in [0, 0.05) is 30.4 Å². The SMILES string of the molecule is CCNC(=O)Nc1ccc(-c2nc(N3CCOC[C@@H]3C)cc(C3(S(=O)(=O)c4ccc(F)cc4C)CC3)n2)cc1. The molecule has 1 saturated carbocycles. The summed E-state index contributed by atoms with van der Waals surface area (Å²) in [5, 5.41) is 5.45. The van der Waals surface area contributed by atoms with Crippen LogP contribution in [0, 0.1) is 12.7 Å². The summed E-state index contributed by atoms with van der Waals surface area (Å²) < 4.78 is 46.2. The van der Waals surface area contributed by atoms with E-state index in [0.29, 0.717) is 73.3 Å². The van der Waals surface area contributed by atoms with Crippen LogP contribution in [0.3, 0.4) is 0 Å². The first-order valence-electron chi connectivity index (χ1n) is 13.0. The number of aryl methyl sites for hydroxylation is 1. The first-order chi connectivity index (χ1) is 18.6. The van der Waals surface area contributed by atoms with Crippen LogP contribution in [0.5, 0.6) is 0 Å². The molecule has 206 valence electrons. The largest absolute Gasteiger partial charge is 0.377 e. The number of morpholine rings is 1. The molecule has 0 spiro atoms. The Balaban J connectivity index is 1.58. The van der Waals surface area contributed by atoms with Crippen molar-refractivity contribution < 1.29 is 22.3 Å². The Morgan fingerprint density at radius 3 is 2.54 bits per heavy atom. The van der Waals surface area contributed by atoms with Gasteiger partial charge in [-0.1, -0.05) is 0 Å². The van der Waals surface area contributed by atoms with Crippen molar-refractivity contribution in [3.8, 4) is 11.4 Å². The van der Waals surface area contributed by atoms with Gasteiger partial charge < -0.3 is 20.3 Å². The van der Waals surface area contributed by atoms with E-state index in [-0.39, 0.29) is 17.0 Å². The van der Waals surface area contributed by atoms with Crippen LogP contribution < -0.4 is 15.5 Å². The maximum absolute atomic E-state index is 14.0. The third-order valence-electron chi connectivity index (χ3n) is 7.22. The Bertz CT molecular complexity index is 1490. The molecule has 2 heterocycles. The summed E-state index contributed by atoms with van der Waals surface area (Å²) >= 11 is 0. The van der Waals surface area contributed by atoms with Crippen molar-refractivity contribution in [3.63, 3.8) is 0 Å². The van der Waals surface area contributed by atoms with Crippen LogP contribution in [0.25, 0.3) is 11.4 Å². The first kappa shape index (κ1) is 27.0. The van der Waals surface area contributed by atoms with Crippen LogP contribution in [-0.4, -0.2) is 56.8 Å². The van der Waals surface area contributed by atoms with Gasteiger partial charge in [0.2, 0.25) is 0 Å². The Kier molecular flexibility index (Phi) is 7.30. The number of carbonyl (C=O) groups is 1. The quantitative estimate of drug-likeness (QED) is 0.417. The fourth-order valence-electron chi connectivity index (χ4n) is 4.95. The third-order valence-corrected chi connectivity index (χ3v) is 9.91. The lowest BCUT2D eigenvalue weighted by Crippen LogP contribution is -2.44. The topological polar surface area (TPSA) is 114 Å². The standard InChI is InChI=1S/C28H32FN5O4S/c1-4-30-27(35)31-22-8-5-20(6-9-22)26-32-24(16-25(33-26)34-13-14-38-17-19(34)3)28(11-12-28)39(36,37)23-10-7-21(29)15-18(23)2/h5-10,15-16,19H,4,11-14,17H2,1-3H3,(H2,30,31,35)/t19-/m0/s1. The van der Waals surface area contributed by atoms with Crippen molar-refractivity contribution in [2.24, 2.45) is 0 Å². The summed E-state index contributed by atoms with van der Waals surface area (Å²) in [6.07, 6.45) is 0.826. The van der Waals surface area contributed by atoms with Gasteiger partial charge in [0.05, 0.1) is 29.8 Å². The average molecular weight is 554 g/mol. The minimum absolute atomic E-state index is 0.0455. The molecule has 1 aliphatic carbocycles. The van der Waals surface area contributed by atoms with Crippen LogP contribution >= 0.6 is 0 Å². The van der Waals surface area contributed by atoms with E-state index in [9.17, 15) is 17.6 Å². The minimum atomic E-state index is -3.87. The summed E-state index contributed by atoms with van der Waals surface area (Å²) in [7, 11) is -3.87. The van der Waals surface area contributed by atoms with Crippen LogP contribution in [0.1, 0.15) is 37.9 Å². The maximum Gasteiger partial charge on any atom is 0.319 e. The second-order valence-corrected chi connectivity index (χ2v) is 12.2. The van der Waals surface area contributed by atoms with Gasteiger partial charge in [-0.15, -0.1) is 0 Å². The summed E-state index contributed by atoms with van der Waals surface area (Å²) in [4.78, 5) is 23.7. The van der Waals surface area contributed by atoms with Crippen LogP contribution in [0.4, 0.5) is 20.7 Å². The average Bonchev–Trinajstić information content (AvgIpc) is 3.72. The van der Waals surface area contributed by atoms with Gasteiger partial charge in [0.1, 0.15) is 16.4 Å². The van der Waals surface area contributed by atoms with Crippen LogP contribution in [0.2, 0.25) is 0 Å². The number of amides is 2. The van der Waals surface area contributed by atoms with Gasteiger partial charge in [-0.2, -0.15) is 0 Å². The Labute approximate surface area is 227 Å². The van der Waals surface area contributed by atoms with E-state index >= 15 is 0 Å². The van der Waals surface area contributed by atoms with Crippen LogP contribution in [0.15, 0.2) is 53.4 Å². The number of halogens is 1. The Morgan fingerprint density at radius 1 is 1.15 bits per heavy atom. The van der Waals surface area contributed by atoms with Crippen molar-refractivity contribution >= 4 is 27.4 Å². The number of nitrogens with one attached hydrogen (secondary N) is 2. The fraction of sp³-hybridized carbons (Fsp3) is 0.393. The van der Waals surface area contributed by atoms with E-state index in [2.05, 4.69) is 15.5 Å². The second kappa shape index (κ2) is 10.5. The molecule has 9 nitrogen and oxygen atoms in total. The summed E-state index contributed by atoms with van der Waals surface area (Å²) in [5.41, 5.74) is 2.09. The number of aromatic nitrogens is 2. The molecule has 0 bridgehead atoms. The molecule has 2 amide bonds. The van der Waals surface area contributed by atoms with E-state index in [1.54, 1.807) is 37.3 Å². The smallest absolute Gasteiger partial charge is 0.319 e. The summed E-state index contributed by atoms with van der Waals surface area (Å²) in [5.74, 6) is 0.546. The lowest BCUT2D eigenvalue weighted by Gasteiger charge is -2.34. The van der Waals surface area contributed by atoms with Crippen molar-refractivity contribution in [1.82, 2.24) is 15.3 Å². The van der Waals surface area contributed by atoms with Gasteiger partial charge in [-0.05, 0) is 81.6 Å². The minimum Gasteiger partial charge on any atom is -0.377 e. The van der Waals surface area contributed by atoms with Crippen molar-refractivity contribution in [1.29, 1.82) is 0 Å². The Hall–Kier alpha value is -3.57. The lowest BCUT2D eigenvalue weighted by atomic mass is 10.1. The number of anilines is 2. The number of sulfone groups is 1. The van der Waals surface area contributed by atoms with Gasteiger partial charge in [-0.3, -0.25) is 0 Å². The monoisotopic (exact) mass is 553 g/mol. The molecule has 11 heteroatoms. The van der Waals surface area contributed by atoms with Crippen molar-refractivity contribution in [2.45, 2.75) is 49.3 Å². The molecule has 0 unspecified atom stereocenters. The molecule has 2 aliphatic rings. The van der Waals surface area contributed by atoms with E-state index in [1.165, 1.54) is 18.2 Å². The molecule has 1 aliphatic heterocycles. The Morgan fingerprint density at radius 2 is 1.90 bits per heavy atom. The zero-order chi connectivity index (χ0) is 27.8. The fourth-order valence-corrected chi connectivity index (χ4v) is 7.12. The normalized spacial score (nSPS) is 18.5. The molecule has 1 atom stereocenters. The van der Waals surface area contributed by atoms with Gasteiger partial charge in [0.25, 0.3) is 0 Å². The highest BCUT2D eigenvalue weighted by Gasteiger charge is 2.58. The molecule has 5 rings (SSSR count). The number of hydrogen-bond donors (Lipinski definition) is 2. The number of rotatable bonds is 7. The van der Waals surface area contributed by atoms with Gasteiger partial charge in [0.15, 0.2) is 15.7 Å². The predicted molar refractivity (Wildman–Crippen MR) is 147 cm³/mol. The first-order valence-corrected chi connectivity index (χ1v) is 14.5. The molecule has 2 N–H and O–H groups in total. The highest BCUT2D eigenvalue weighted by Crippen LogP contribution is 2.55. The lowest BCUT2D eigenvalue weighted by molar-refractivity contribution is 0.0985. The van der Waals surface area contributed by atoms with Crippen molar-refractivity contribution in [3.05, 3.63) is 65.6 Å². The van der Waals surface area contributed by atoms with E-state index < -0.39 is 20.4 Å². The zero-order valence-electron chi connectivity index (χ0n) is 22.2. The van der Waals surface area contributed by atoms with E-state index in [4.69, 9.17) is 14.7 Å². The molecule has 1 aromatic heterocycles. The second-order valence-electron chi connectivity index (χ2n) is 10.0. The highest BCUT2D eigenvalue weighted by molar-refractivity contribution is 7.92. The molecular weight excluding hydrogens is 521 g/mol. The molecule has 3 aromatic rings. The zero-order valence-corrected chi connectivity index (χ0v) is 23.0. The number of benzene rings is 2. The maximum atomic E-state index is 14.0. The van der Waals surface area contributed by atoms with Crippen LogP contribution in [-0.2, 0) is 19.3 Å². The number of nitrogens with zero attached hydrogens (tertiary/aromatic N) is 3. The third kappa shape index (κ3) is 5.20. The molecule has 2 fully saturated rings. The van der Waals surface area contributed by atoms with Gasteiger partial charge >= 0.3 is 6.03 Å². The van der Waals surface area contributed by atoms with Gasteiger partial charge in [-0.25, -0.2) is 27.6 Å². The summed E-state index contributed by atoms with van der Waals surface area (Å²) in [6, 6.07) is 12.4. The predicted octanol–water partition coefficient (Wildman–Crippen LogP) is 4.42. The summed E-state index contributed by atoms with van der Waals surface area (Å²) in [6.45, 7) is 7.68. The highest BCUT2D eigenvalue weighted by atomic mass is 32.2. The number of urea groups is 1. The van der Waals surface area contributed by atoms with E-state index in [0.717, 1.165) is 0 Å². The molecule has 39 heavy (non-hydrogen) atoms.